The average molecular weight is 426 g/mol. The van der Waals surface area contributed by atoms with Gasteiger partial charge in [-0.05, 0) is 70.5 Å². The third-order valence-electron chi connectivity index (χ3n) is 4.24. The van der Waals surface area contributed by atoms with E-state index >= 15 is 0 Å². The second-order valence-corrected chi connectivity index (χ2v) is 8.41. The molecular weight excluding hydrogens is 402 g/mol. The van der Waals surface area contributed by atoms with Crippen molar-refractivity contribution in [1.29, 1.82) is 0 Å². The van der Waals surface area contributed by atoms with Crippen LogP contribution in [-0.4, -0.2) is 52.6 Å². The van der Waals surface area contributed by atoms with E-state index in [1.165, 1.54) is 5.56 Å². The molecule has 1 amide bonds. The van der Waals surface area contributed by atoms with Crippen molar-refractivity contribution >= 4 is 56.5 Å². The van der Waals surface area contributed by atoms with E-state index in [2.05, 4.69) is 40.5 Å². The number of amides is 1. The number of halogens is 1. The van der Waals surface area contributed by atoms with Crippen LogP contribution in [0.1, 0.15) is 32.9 Å². The Bertz CT molecular complexity index is 898. The van der Waals surface area contributed by atoms with Crippen molar-refractivity contribution in [3.63, 3.8) is 0 Å². The van der Waals surface area contributed by atoms with Crippen LogP contribution in [0.15, 0.2) is 12.1 Å². The van der Waals surface area contributed by atoms with E-state index in [0.29, 0.717) is 17.1 Å². The summed E-state index contributed by atoms with van der Waals surface area (Å²) in [6.07, 6.45) is 0.873. The summed E-state index contributed by atoms with van der Waals surface area (Å²) in [5.74, 6) is -0.0642. The highest BCUT2D eigenvalue weighted by Crippen LogP contribution is 2.34. The molecule has 0 radical (unpaired) electrons. The van der Waals surface area contributed by atoms with E-state index in [1.54, 1.807) is 16.2 Å². The first-order chi connectivity index (χ1) is 12.4. The summed E-state index contributed by atoms with van der Waals surface area (Å²) in [5.41, 5.74) is 3.97. The van der Waals surface area contributed by atoms with Crippen LogP contribution in [-0.2, 0) is 0 Å². The monoisotopic (exact) mass is 425 g/mol. The predicted octanol–water partition coefficient (Wildman–Crippen LogP) is 4.09. The molecule has 0 unspecified atom stereocenters. The van der Waals surface area contributed by atoms with Gasteiger partial charge in [0.15, 0.2) is 5.13 Å². The highest BCUT2D eigenvalue weighted by Gasteiger charge is 2.25. The molecule has 0 fully saturated rings. The van der Waals surface area contributed by atoms with E-state index in [9.17, 15) is 4.79 Å². The molecule has 2 aromatic heterocycles. The molecule has 0 aliphatic carbocycles. The molecule has 0 aliphatic rings. The minimum Gasteiger partial charge on any atom is -0.309 e. The molecule has 27 heavy (non-hydrogen) atoms. The fraction of sp³-hybridized carbons (Fsp3) is 0.444. The van der Waals surface area contributed by atoms with Crippen molar-refractivity contribution in [2.24, 2.45) is 0 Å². The number of rotatable bonds is 6. The minimum absolute atomic E-state index is 0. The van der Waals surface area contributed by atoms with Crippen LogP contribution in [0.4, 0.5) is 5.13 Å². The Hall–Kier alpha value is -1.61. The van der Waals surface area contributed by atoms with Gasteiger partial charge >= 0.3 is 0 Å². The number of hydrogen-bond donors (Lipinski definition) is 0. The largest absolute Gasteiger partial charge is 0.309 e. The Morgan fingerprint density at radius 1 is 1.11 bits per heavy atom. The number of thiazole rings is 1. The molecule has 0 aliphatic heterocycles. The minimum atomic E-state index is -0.0642. The second-order valence-electron chi connectivity index (χ2n) is 6.67. The number of aromatic nitrogens is 3. The van der Waals surface area contributed by atoms with Gasteiger partial charge in [-0.1, -0.05) is 28.0 Å². The molecule has 3 rings (SSSR count). The van der Waals surface area contributed by atoms with Crippen molar-refractivity contribution < 1.29 is 4.79 Å². The lowest BCUT2D eigenvalue weighted by atomic mass is 10.1. The van der Waals surface area contributed by atoms with Crippen LogP contribution < -0.4 is 4.90 Å². The number of carbonyl (C=O) groups is 1. The lowest BCUT2D eigenvalue weighted by Crippen LogP contribution is -2.33. The maximum atomic E-state index is 13.2. The molecule has 0 spiro atoms. The van der Waals surface area contributed by atoms with E-state index in [0.717, 1.165) is 45.4 Å². The lowest BCUT2D eigenvalue weighted by Gasteiger charge is -2.20. The molecule has 6 nitrogen and oxygen atoms in total. The van der Waals surface area contributed by atoms with Gasteiger partial charge in [-0.2, -0.15) is 0 Å². The zero-order valence-corrected chi connectivity index (χ0v) is 18.6. The number of aryl methyl sites for hydroxylation is 3. The van der Waals surface area contributed by atoms with Crippen LogP contribution in [0.2, 0.25) is 0 Å². The van der Waals surface area contributed by atoms with Gasteiger partial charge in [0, 0.05) is 6.54 Å². The fourth-order valence-electron chi connectivity index (χ4n) is 2.74. The number of carbonyl (C=O) groups excluding carboxylic acids is 1. The van der Waals surface area contributed by atoms with Crippen molar-refractivity contribution in [3.05, 3.63) is 33.8 Å². The molecule has 9 heteroatoms. The zero-order chi connectivity index (χ0) is 18.8. The molecule has 0 atom stereocenters. The van der Waals surface area contributed by atoms with Gasteiger partial charge in [-0.15, -0.1) is 17.5 Å². The molecule has 1 aromatic carbocycles. The first-order valence-electron chi connectivity index (χ1n) is 8.50. The molecular formula is C18H24ClN5OS2. The Balaban J connectivity index is 0.00000261. The van der Waals surface area contributed by atoms with Crippen LogP contribution >= 0.6 is 35.3 Å². The number of nitrogens with zero attached hydrogens (tertiary/aromatic N) is 5. The summed E-state index contributed by atoms with van der Waals surface area (Å²) in [7, 11) is 4.07. The Labute approximate surface area is 173 Å². The quantitative estimate of drug-likeness (QED) is 0.595. The van der Waals surface area contributed by atoms with Crippen LogP contribution in [0.5, 0.6) is 0 Å². The Morgan fingerprint density at radius 2 is 1.81 bits per heavy atom. The SMILES string of the molecule is Cc1nnsc1C(=O)N(CCCN(C)C)c1nc2c(C)ccc(C)c2s1.Cl. The van der Waals surface area contributed by atoms with Crippen molar-refractivity contribution in [2.45, 2.75) is 27.2 Å². The van der Waals surface area contributed by atoms with Crippen molar-refractivity contribution in [3.8, 4) is 0 Å². The molecule has 0 saturated carbocycles. The third kappa shape index (κ3) is 4.63. The molecule has 2 heterocycles. The van der Waals surface area contributed by atoms with E-state index in [1.807, 2.05) is 21.0 Å². The van der Waals surface area contributed by atoms with Crippen molar-refractivity contribution in [2.75, 3.05) is 32.1 Å². The summed E-state index contributed by atoms with van der Waals surface area (Å²) in [6.45, 7) is 7.49. The van der Waals surface area contributed by atoms with E-state index in [4.69, 9.17) is 4.98 Å². The van der Waals surface area contributed by atoms with E-state index < -0.39 is 0 Å². The normalized spacial score (nSPS) is 11.0. The van der Waals surface area contributed by atoms with Gasteiger partial charge in [0.1, 0.15) is 4.88 Å². The van der Waals surface area contributed by atoms with Gasteiger partial charge in [-0.25, -0.2) is 4.98 Å². The van der Waals surface area contributed by atoms with Gasteiger partial charge in [0.25, 0.3) is 5.91 Å². The lowest BCUT2D eigenvalue weighted by molar-refractivity contribution is 0.0989. The number of hydrogen-bond acceptors (Lipinski definition) is 7. The van der Waals surface area contributed by atoms with Crippen molar-refractivity contribution in [1.82, 2.24) is 19.5 Å². The molecule has 0 saturated heterocycles. The molecule has 146 valence electrons. The van der Waals surface area contributed by atoms with Crippen LogP contribution in [0.25, 0.3) is 10.2 Å². The standard InChI is InChI=1S/C18H23N5OS2.ClH/c1-11-7-8-12(2)15-14(11)19-18(25-15)23(10-6-9-22(4)5)17(24)16-13(3)20-21-26-16;/h7-8H,6,9-10H2,1-5H3;1H. The topological polar surface area (TPSA) is 62.2 Å². The number of benzene rings is 1. The van der Waals surface area contributed by atoms with Crippen LogP contribution in [0.3, 0.4) is 0 Å². The maximum Gasteiger partial charge on any atom is 0.273 e. The fourth-order valence-corrected chi connectivity index (χ4v) is 4.49. The van der Waals surface area contributed by atoms with Crippen LogP contribution in [0, 0.1) is 20.8 Å². The molecule has 0 N–H and O–H groups in total. The first kappa shape index (κ1) is 21.7. The maximum absolute atomic E-state index is 13.2. The molecule has 0 bridgehead atoms. The highest BCUT2D eigenvalue weighted by molar-refractivity contribution is 7.22. The zero-order valence-electron chi connectivity index (χ0n) is 16.1. The molecule has 3 aromatic rings. The van der Waals surface area contributed by atoms with Gasteiger partial charge in [0.05, 0.1) is 15.9 Å². The Kier molecular flexibility index (Phi) is 7.27. The first-order valence-corrected chi connectivity index (χ1v) is 10.1. The van der Waals surface area contributed by atoms with Gasteiger partial charge in [-0.3, -0.25) is 9.69 Å². The summed E-state index contributed by atoms with van der Waals surface area (Å²) in [5, 5.41) is 4.73. The summed E-state index contributed by atoms with van der Waals surface area (Å²) >= 11 is 2.73. The predicted molar refractivity (Wildman–Crippen MR) is 116 cm³/mol. The second kappa shape index (κ2) is 9.05. The summed E-state index contributed by atoms with van der Waals surface area (Å²) in [6, 6.07) is 4.19. The third-order valence-corrected chi connectivity index (χ3v) is 6.27. The average Bonchev–Trinajstić information content (AvgIpc) is 3.21. The highest BCUT2D eigenvalue weighted by atomic mass is 35.5. The van der Waals surface area contributed by atoms with E-state index in [-0.39, 0.29) is 18.3 Å². The summed E-state index contributed by atoms with van der Waals surface area (Å²) < 4.78 is 5.06. The number of fused-ring (bicyclic) bond motifs is 1. The Morgan fingerprint density at radius 3 is 2.41 bits per heavy atom. The summed E-state index contributed by atoms with van der Waals surface area (Å²) in [4.78, 5) is 22.5. The van der Waals surface area contributed by atoms with Gasteiger partial charge < -0.3 is 4.90 Å². The smallest absolute Gasteiger partial charge is 0.273 e. The number of anilines is 1. The van der Waals surface area contributed by atoms with Gasteiger partial charge in [0.2, 0.25) is 0 Å².